The molecule has 0 amide bonds. The third kappa shape index (κ3) is 5.75. The van der Waals surface area contributed by atoms with E-state index in [2.05, 4.69) is 6.58 Å². The first kappa shape index (κ1) is 19.9. The molecule has 0 bridgehead atoms. The van der Waals surface area contributed by atoms with Gasteiger partial charge in [0.1, 0.15) is 11.5 Å². The van der Waals surface area contributed by atoms with E-state index in [4.69, 9.17) is 9.47 Å². The van der Waals surface area contributed by atoms with Gasteiger partial charge in [0.2, 0.25) is 6.29 Å². The summed E-state index contributed by atoms with van der Waals surface area (Å²) >= 11 is 2.62. The van der Waals surface area contributed by atoms with Crippen LogP contribution in [-0.2, 0) is 19.1 Å². The van der Waals surface area contributed by atoms with Crippen molar-refractivity contribution in [1.29, 1.82) is 0 Å². The molecule has 0 aromatic carbocycles. The van der Waals surface area contributed by atoms with Crippen LogP contribution in [0.3, 0.4) is 0 Å². The third-order valence-corrected chi connectivity index (χ3v) is 6.03. The minimum absolute atomic E-state index is 0.00805. The Kier molecular flexibility index (Phi) is 7.94. The van der Waals surface area contributed by atoms with Crippen molar-refractivity contribution in [3.05, 3.63) is 34.0 Å². The second-order valence-corrected chi connectivity index (χ2v) is 7.27. The predicted molar refractivity (Wildman–Crippen MR) is 94.2 cm³/mol. The highest BCUT2D eigenvalue weighted by Crippen LogP contribution is 2.38. The molecular weight excluding hydrogens is 336 g/mol. The van der Waals surface area contributed by atoms with E-state index in [1.54, 1.807) is 13.0 Å². The molecule has 23 heavy (non-hydrogen) atoms. The van der Waals surface area contributed by atoms with Gasteiger partial charge < -0.3 is 14.6 Å². The first-order valence-electron chi connectivity index (χ1n) is 7.09. The maximum Gasteiger partial charge on any atom is 0.212 e. The van der Waals surface area contributed by atoms with Gasteiger partial charge in [-0.2, -0.15) is 0 Å². The molecule has 0 aromatic heterocycles. The molecule has 5 nitrogen and oxygen atoms in total. The zero-order valence-corrected chi connectivity index (χ0v) is 15.4. The lowest BCUT2D eigenvalue weighted by molar-refractivity contribution is -0.116. The Balaban J connectivity index is 2.90. The van der Waals surface area contributed by atoms with Gasteiger partial charge in [0.15, 0.2) is 11.6 Å². The summed E-state index contributed by atoms with van der Waals surface area (Å²) in [6.45, 7) is 10.0. The molecule has 0 spiro atoms. The Morgan fingerprint density at radius 1 is 1.43 bits per heavy atom. The highest BCUT2D eigenvalue weighted by Gasteiger charge is 2.33. The number of hydrogen-bond donors (Lipinski definition) is 1. The Hall–Kier alpha value is -1.18. The van der Waals surface area contributed by atoms with Gasteiger partial charge in [-0.3, -0.25) is 9.59 Å². The highest BCUT2D eigenvalue weighted by atomic mass is 32.2. The Morgan fingerprint density at radius 2 is 2.09 bits per heavy atom. The number of ketones is 2. The lowest BCUT2D eigenvalue weighted by atomic mass is 10.3. The van der Waals surface area contributed by atoms with Gasteiger partial charge in [0.05, 0.1) is 21.7 Å². The third-order valence-electron chi connectivity index (χ3n) is 2.92. The van der Waals surface area contributed by atoms with Crippen molar-refractivity contribution in [3.63, 3.8) is 0 Å². The lowest BCUT2D eigenvalue weighted by Gasteiger charge is -2.32. The van der Waals surface area contributed by atoms with Gasteiger partial charge in [0.25, 0.3) is 0 Å². The molecule has 7 heteroatoms. The molecular formula is C16H22O5S2. The number of thioether (sulfide) groups is 2. The van der Waals surface area contributed by atoms with Gasteiger partial charge in [-0.25, -0.2) is 0 Å². The Morgan fingerprint density at radius 3 is 2.57 bits per heavy atom. The molecule has 1 aliphatic heterocycles. The summed E-state index contributed by atoms with van der Waals surface area (Å²) in [7, 11) is 0. The quantitative estimate of drug-likeness (QED) is 0.404. The molecule has 0 unspecified atom stereocenters. The van der Waals surface area contributed by atoms with Crippen molar-refractivity contribution in [1.82, 2.24) is 0 Å². The van der Waals surface area contributed by atoms with Crippen LogP contribution in [0.2, 0.25) is 0 Å². The van der Waals surface area contributed by atoms with Crippen LogP contribution >= 0.6 is 23.5 Å². The van der Waals surface area contributed by atoms with E-state index in [0.29, 0.717) is 27.9 Å². The smallest absolute Gasteiger partial charge is 0.212 e. The van der Waals surface area contributed by atoms with E-state index in [9.17, 15) is 14.7 Å². The molecule has 128 valence electrons. The summed E-state index contributed by atoms with van der Waals surface area (Å²) in [5, 5.41) is 9.41. The average Bonchev–Trinajstić information content (AvgIpc) is 2.45. The number of ether oxygens (including phenoxy) is 2. The zero-order chi connectivity index (χ0) is 17.6. The topological polar surface area (TPSA) is 72.8 Å². The predicted octanol–water partition coefficient (Wildman–Crippen LogP) is 3.58. The van der Waals surface area contributed by atoms with Crippen molar-refractivity contribution in [3.8, 4) is 0 Å². The molecule has 0 saturated heterocycles. The monoisotopic (exact) mass is 358 g/mol. The van der Waals surface area contributed by atoms with E-state index in [1.807, 2.05) is 0 Å². The summed E-state index contributed by atoms with van der Waals surface area (Å²) in [6, 6.07) is 0. The standard InChI is InChI=1S/C16H22O5S2/c1-6-7-20-16-13(8-22-14(9(2)17)10(3)18)23-15(11(4)19)12(5)21-16/h6,13,16-17H,1,7-8H2,2-5H3/b14-9+/t13-,16+/m0/s1. The summed E-state index contributed by atoms with van der Waals surface area (Å²) in [4.78, 5) is 24.1. The number of hydrogen-bond acceptors (Lipinski definition) is 7. The summed E-state index contributed by atoms with van der Waals surface area (Å²) in [5.41, 5.74) is 0. The minimum Gasteiger partial charge on any atom is -0.511 e. The second kappa shape index (κ2) is 9.20. The summed E-state index contributed by atoms with van der Waals surface area (Å²) in [6.07, 6.45) is 1.08. The van der Waals surface area contributed by atoms with Crippen molar-refractivity contribution >= 4 is 35.1 Å². The lowest BCUT2D eigenvalue weighted by Crippen LogP contribution is -2.35. The number of allylic oxidation sites excluding steroid dienone is 4. The fraction of sp³-hybridized carbons (Fsp3) is 0.500. The van der Waals surface area contributed by atoms with Crippen molar-refractivity contribution in [2.75, 3.05) is 12.4 Å². The molecule has 0 aromatic rings. The molecule has 1 heterocycles. The van der Waals surface area contributed by atoms with Crippen molar-refractivity contribution in [2.24, 2.45) is 0 Å². The zero-order valence-electron chi connectivity index (χ0n) is 13.8. The Labute approximate surface area is 145 Å². The van der Waals surface area contributed by atoms with Gasteiger partial charge in [-0.15, -0.1) is 30.1 Å². The Bertz CT molecular complexity index is 547. The first-order valence-corrected chi connectivity index (χ1v) is 8.95. The molecule has 0 saturated carbocycles. The number of Topliss-reactive ketones (excluding diaryl/α,β-unsaturated/α-hetero) is 2. The molecule has 0 aliphatic carbocycles. The van der Waals surface area contributed by atoms with Crippen LogP contribution < -0.4 is 0 Å². The maximum absolute atomic E-state index is 11.7. The van der Waals surface area contributed by atoms with Crippen LogP contribution in [0.5, 0.6) is 0 Å². The molecule has 1 N–H and O–H groups in total. The normalized spacial score (nSPS) is 22.3. The summed E-state index contributed by atoms with van der Waals surface area (Å²) < 4.78 is 11.3. The minimum atomic E-state index is -0.541. The molecule has 1 rings (SSSR count). The van der Waals surface area contributed by atoms with Crippen LogP contribution in [0.1, 0.15) is 27.7 Å². The molecule has 1 aliphatic rings. The van der Waals surface area contributed by atoms with Gasteiger partial charge in [-0.1, -0.05) is 6.08 Å². The van der Waals surface area contributed by atoms with Crippen LogP contribution in [0.25, 0.3) is 0 Å². The molecule has 0 fully saturated rings. The van der Waals surface area contributed by atoms with Gasteiger partial charge >= 0.3 is 0 Å². The SMILES string of the molecule is C=CCO[C@@H]1OC(C)=C(C(C)=O)S[C@H]1CS/C(C(C)=O)=C(\C)O. The molecule has 0 radical (unpaired) electrons. The number of aliphatic hydroxyl groups is 1. The maximum atomic E-state index is 11.7. The summed E-state index contributed by atoms with van der Waals surface area (Å²) in [5.74, 6) is 0.734. The van der Waals surface area contributed by atoms with E-state index < -0.39 is 6.29 Å². The van der Waals surface area contributed by atoms with Crippen molar-refractivity contribution < 1.29 is 24.2 Å². The van der Waals surface area contributed by atoms with Gasteiger partial charge in [0, 0.05) is 5.75 Å². The van der Waals surface area contributed by atoms with Crippen LogP contribution in [0.4, 0.5) is 0 Å². The number of aliphatic hydroxyl groups excluding tert-OH is 1. The van der Waals surface area contributed by atoms with Crippen LogP contribution in [0, 0.1) is 0 Å². The van der Waals surface area contributed by atoms with Crippen LogP contribution in [-0.4, -0.2) is 40.6 Å². The highest BCUT2D eigenvalue weighted by molar-refractivity contribution is 8.08. The number of carbonyl (C=O) groups excluding carboxylic acids is 2. The number of carbonyl (C=O) groups is 2. The van der Waals surface area contributed by atoms with Crippen molar-refractivity contribution in [2.45, 2.75) is 39.2 Å². The molecule has 2 atom stereocenters. The fourth-order valence-electron chi connectivity index (χ4n) is 1.97. The van der Waals surface area contributed by atoms with E-state index in [1.165, 1.54) is 44.3 Å². The second-order valence-electron chi connectivity index (χ2n) is 4.99. The largest absolute Gasteiger partial charge is 0.511 e. The fourth-order valence-corrected chi connectivity index (χ4v) is 4.27. The first-order chi connectivity index (χ1) is 10.8. The van der Waals surface area contributed by atoms with Crippen LogP contribution in [0.15, 0.2) is 34.0 Å². The van der Waals surface area contributed by atoms with E-state index in [-0.39, 0.29) is 22.6 Å². The van der Waals surface area contributed by atoms with Gasteiger partial charge in [-0.05, 0) is 27.7 Å². The van der Waals surface area contributed by atoms with E-state index >= 15 is 0 Å². The van der Waals surface area contributed by atoms with E-state index in [0.717, 1.165) is 0 Å². The number of rotatable bonds is 8. The average molecular weight is 358 g/mol.